The van der Waals surface area contributed by atoms with Gasteiger partial charge in [0.2, 0.25) is 0 Å². The van der Waals surface area contributed by atoms with E-state index in [2.05, 4.69) is 17.4 Å². The molecule has 0 heterocycles. The lowest BCUT2D eigenvalue weighted by atomic mass is 9.91. The van der Waals surface area contributed by atoms with E-state index >= 15 is 0 Å². The normalized spacial score (nSPS) is 17.7. The Hall–Kier alpha value is -1.22. The second kappa shape index (κ2) is 6.10. The number of ether oxygens (including phenoxy) is 2. The van der Waals surface area contributed by atoms with E-state index in [4.69, 9.17) is 9.47 Å². The summed E-state index contributed by atoms with van der Waals surface area (Å²) in [7, 11) is 5.40. The Morgan fingerprint density at radius 2 is 1.78 bits per heavy atom. The van der Waals surface area contributed by atoms with Crippen LogP contribution in [0, 0.1) is 5.92 Å². The number of hydrogen-bond donors (Lipinski definition) is 1. The first-order chi connectivity index (χ1) is 8.80. The Bertz CT molecular complexity index is 386. The highest BCUT2D eigenvalue weighted by Gasteiger charge is 2.25. The van der Waals surface area contributed by atoms with Crippen molar-refractivity contribution in [2.45, 2.75) is 31.7 Å². The van der Waals surface area contributed by atoms with Crippen LogP contribution < -0.4 is 14.8 Å². The molecule has 0 saturated heterocycles. The second-order valence-corrected chi connectivity index (χ2v) is 4.93. The zero-order valence-corrected chi connectivity index (χ0v) is 11.5. The van der Waals surface area contributed by atoms with Crippen LogP contribution in [0.15, 0.2) is 18.2 Å². The lowest BCUT2D eigenvalue weighted by Crippen LogP contribution is -2.23. The van der Waals surface area contributed by atoms with Gasteiger partial charge in [0.25, 0.3) is 0 Å². The number of rotatable bonds is 5. The van der Waals surface area contributed by atoms with E-state index in [9.17, 15) is 0 Å². The molecule has 1 atom stereocenters. The SMILES string of the molecule is CNC(c1ccc(OC)c(OC)c1)C1CCCC1. The fraction of sp³-hybridized carbons (Fsp3) is 0.600. The first kappa shape index (κ1) is 13.2. The van der Waals surface area contributed by atoms with Crippen LogP contribution in [0.1, 0.15) is 37.3 Å². The van der Waals surface area contributed by atoms with Crippen molar-refractivity contribution in [3.63, 3.8) is 0 Å². The molecule has 3 heteroatoms. The zero-order chi connectivity index (χ0) is 13.0. The van der Waals surface area contributed by atoms with Gasteiger partial charge >= 0.3 is 0 Å². The van der Waals surface area contributed by atoms with Gasteiger partial charge in [-0.15, -0.1) is 0 Å². The highest BCUT2D eigenvalue weighted by atomic mass is 16.5. The smallest absolute Gasteiger partial charge is 0.161 e. The number of methoxy groups -OCH3 is 2. The van der Waals surface area contributed by atoms with Gasteiger partial charge in [-0.3, -0.25) is 0 Å². The van der Waals surface area contributed by atoms with Gasteiger partial charge in [0.1, 0.15) is 0 Å². The Kier molecular flexibility index (Phi) is 4.48. The third kappa shape index (κ3) is 2.61. The van der Waals surface area contributed by atoms with Gasteiger partial charge in [-0.1, -0.05) is 18.9 Å². The summed E-state index contributed by atoms with van der Waals surface area (Å²) in [4.78, 5) is 0. The third-order valence-corrected chi connectivity index (χ3v) is 3.95. The summed E-state index contributed by atoms with van der Waals surface area (Å²) in [5.74, 6) is 2.35. The number of benzene rings is 1. The molecule has 1 aromatic carbocycles. The van der Waals surface area contributed by atoms with Crippen LogP contribution in [0.3, 0.4) is 0 Å². The molecule has 18 heavy (non-hydrogen) atoms. The largest absolute Gasteiger partial charge is 0.493 e. The van der Waals surface area contributed by atoms with Gasteiger partial charge in [-0.05, 0) is 43.5 Å². The molecule has 0 amide bonds. The van der Waals surface area contributed by atoms with Gasteiger partial charge < -0.3 is 14.8 Å². The van der Waals surface area contributed by atoms with Crippen LogP contribution in [0.2, 0.25) is 0 Å². The molecule has 0 spiro atoms. The molecule has 1 aliphatic carbocycles. The third-order valence-electron chi connectivity index (χ3n) is 3.95. The first-order valence-corrected chi connectivity index (χ1v) is 6.69. The maximum absolute atomic E-state index is 5.38. The molecular formula is C15H23NO2. The van der Waals surface area contributed by atoms with Gasteiger partial charge in [-0.2, -0.15) is 0 Å². The summed E-state index contributed by atoms with van der Waals surface area (Å²) in [5, 5.41) is 3.45. The molecule has 1 fully saturated rings. The molecule has 3 nitrogen and oxygen atoms in total. The Morgan fingerprint density at radius 3 is 2.33 bits per heavy atom. The van der Waals surface area contributed by atoms with E-state index in [1.165, 1.54) is 31.2 Å². The molecule has 0 bridgehead atoms. The standard InChI is InChI=1S/C15H23NO2/c1-16-15(11-6-4-5-7-11)12-8-9-13(17-2)14(10-12)18-3/h8-11,15-16H,4-7H2,1-3H3. The van der Waals surface area contributed by atoms with Gasteiger partial charge in [0.05, 0.1) is 14.2 Å². The van der Waals surface area contributed by atoms with Crippen molar-refractivity contribution in [3.8, 4) is 11.5 Å². The van der Waals surface area contributed by atoms with E-state index in [1.54, 1.807) is 14.2 Å². The second-order valence-electron chi connectivity index (χ2n) is 4.93. The van der Waals surface area contributed by atoms with E-state index in [0.717, 1.165) is 17.4 Å². The summed E-state index contributed by atoms with van der Waals surface area (Å²) in [5.41, 5.74) is 1.29. The lowest BCUT2D eigenvalue weighted by molar-refractivity contribution is 0.350. The molecule has 1 aromatic rings. The van der Waals surface area contributed by atoms with Crippen LogP contribution in [-0.4, -0.2) is 21.3 Å². The van der Waals surface area contributed by atoms with Crippen LogP contribution in [0.4, 0.5) is 0 Å². The maximum Gasteiger partial charge on any atom is 0.161 e. The van der Waals surface area contributed by atoms with E-state index in [1.807, 2.05) is 13.1 Å². The quantitative estimate of drug-likeness (QED) is 0.869. The fourth-order valence-corrected chi connectivity index (χ4v) is 3.01. The Balaban J connectivity index is 2.24. The molecule has 0 aromatic heterocycles. The summed E-state index contributed by atoms with van der Waals surface area (Å²) in [6, 6.07) is 6.65. The lowest BCUT2D eigenvalue weighted by Gasteiger charge is -2.24. The number of nitrogens with one attached hydrogen (secondary N) is 1. The predicted octanol–water partition coefficient (Wildman–Crippen LogP) is 3.15. The Labute approximate surface area is 109 Å². The van der Waals surface area contributed by atoms with Gasteiger partial charge in [0.15, 0.2) is 11.5 Å². The van der Waals surface area contributed by atoms with Crippen LogP contribution >= 0.6 is 0 Å². The van der Waals surface area contributed by atoms with Gasteiger partial charge in [0, 0.05) is 6.04 Å². The summed E-state index contributed by atoms with van der Waals surface area (Å²) in [6.45, 7) is 0. The molecule has 1 N–H and O–H groups in total. The molecule has 1 aliphatic rings. The summed E-state index contributed by atoms with van der Waals surface area (Å²) < 4.78 is 10.7. The highest BCUT2D eigenvalue weighted by Crippen LogP contribution is 2.38. The average molecular weight is 249 g/mol. The maximum atomic E-state index is 5.38. The zero-order valence-electron chi connectivity index (χ0n) is 11.5. The minimum absolute atomic E-state index is 0.423. The monoisotopic (exact) mass is 249 g/mol. The topological polar surface area (TPSA) is 30.5 Å². The van der Waals surface area contributed by atoms with Crippen LogP contribution in [-0.2, 0) is 0 Å². The molecule has 2 rings (SSSR count). The first-order valence-electron chi connectivity index (χ1n) is 6.69. The predicted molar refractivity (Wildman–Crippen MR) is 73.3 cm³/mol. The van der Waals surface area contributed by atoms with E-state index < -0.39 is 0 Å². The van der Waals surface area contributed by atoms with Gasteiger partial charge in [-0.25, -0.2) is 0 Å². The molecule has 100 valence electrons. The van der Waals surface area contributed by atoms with Crippen molar-refractivity contribution in [1.29, 1.82) is 0 Å². The number of hydrogen-bond acceptors (Lipinski definition) is 3. The van der Waals surface area contributed by atoms with E-state index in [0.29, 0.717) is 6.04 Å². The molecule has 0 aliphatic heterocycles. The van der Waals surface area contributed by atoms with Crippen molar-refractivity contribution in [2.75, 3.05) is 21.3 Å². The van der Waals surface area contributed by atoms with E-state index in [-0.39, 0.29) is 0 Å². The van der Waals surface area contributed by atoms with Crippen molar-refractivity contribution < 1.29 is 9.47 Å². The molecule has 1 saturated carbocycles. The van der Waals surface area contributed by atoms with Crippen LogP contribution in [0.25, 0.3) is 0 Å². The molecular weight excluding hydrogens is 226 g/mol. The highest BCUT2D eigenvalue weighted by molar-refractivity contribution is 5.44. The van der Waals surface area contributed by atoms with Crippen molar-refractivity contribution in [2.24, 2.45) is 5.92 Å². The van der Waals surface area contributed by atoms with Crippen LogP contribution in [0.5, 0.6) is 11.5 Å². The van der Waals surface area contributed by atoms with Crippen molar-refractivity contribution >= 4 is 0 Å². The summed E-state index contributed by atoms with van der Waals surface area (Å²) in [6.07, 6.45) is 5.35. The Morgan fingerprint density at radius 1 is 1.11 bits per heavy atom. The average Bonchev–Trinajstić information content (AvgIpc) is 2.93. The molecule has 0 radical (unpaired) electrons. The van der Waals surface area contributed by atoms with Crippen molar-refractivity contribution in [1.82, 2.24) is 5.32 Å². The van der Waals surface area contributed by atoms with Crippen molar-refractivity contribution in [3.05, 3.63) is 23.8 Å². The summed E-state index contributed by atoms with van der Waals surface area (Å²) >= 11 is 0. The fourth-order valence-electron chi connectivity index (χ4n) is 3.01. The molecule has 1 unspecified atom stereocenters. The minimum Gasteiger partial charge on any atom is -0.493 e. The minimum atomic E-state index is 0.423.